The lowest BCUT2D eigenvalue weighted by Crippen LogP contribution is -2.17. The van der Waals surface area contributed by atoms with Crippen molar-refractivity contribution in [3.8, 4) is 0 Å². The molecule has 1 heteroatoms. The number of hydrogen-bond donors (Lipinski definition) is 0. The average Bonchev–Trinajstić information content (AvgIpc) is 2.07. The molecule has 0 bridgehead atoms. The van der Waals surface area contributed by atoms with Gasteiger partial charge < -0.3 is 0 Å². The fraction of sp³-hybridized carbons (Fsp3) is 0.538. The maximum Gasteiger partial charge on any atom is -0.0206 e. The van der Waals surface area contributed by atoms with Crippen molar-refractivity contribution in [3.63, 3.8) is 0 Å². The monoisotopic (exact) mass is 208 g/mol. The van der Waals surface area contributed by atoms with Gasteiger partial charge in [-0.15, -0.1) is 0 Å². The highest BCUT2D eigenvalue weighted by molar-refractivity contribution is 7.67. The Morgan fingerprint density at radius 1 is 0.929 bits per heavy atom. The van der Waals surface area contributed by atoms with Gasteiger partial charge in [0.1, 0.15) is 0 Å². The van der Waals surface area contributed by atoms with Crippen LogP contribution in [0.4, 0.5) is 0 Å². The lowest BCUT2D eigenvalue weighted by atomic mass is 10.2. The molecule has 0 radical (unpaired) electrons. The van der Waals surface area contributed by atoms with Crippen molar-refractivity contribution in [2.24, 2.45) is 0 Å². The fourth-order valence-electron chi connectivity index (χ4n) is 2.01. The number of aryl methyl sites for hydroxylation is 1. The first-order valence-electron chi connectivity index (χ1n) is 5.38. The molecule has 0 N–H and O–H groups in total. The highest BCUT2D eigenvalue weighted by atomic mass is 31.1. The van der Waals surface area contributed by atoms with Gasteiger partial charge in [-0.05, 0) is 29.1 Å². The second kappa shape index (κ2) is 4.94. The fourth-order valence-corrected chi connectivity index (χ4v) is 5.05. The first-order chi connectivity index (χ1) is 6.54. The van der Waals surface area contributed by atoms with E-state index in [1.165, 1.54) is 5.56 Å². The molecule has 0 fully saturated rings. The van der Waals surface area contributed by atoms with Gasteiger partial charge in [-0.2, -0.15) is 0 Å². The van der Waals surface area contributed by atoms with Gasteiger partial charge >= 0.3 is 0 Å². The summed E-state index contributed by atoms with van der Waals surface area (Å²) in [6.07, 6.45) is 0. The minimum Gasteiger partial charge on any atom is -0.0698 e. The number of benzene rings is 1. The van der Waals surface area contributed by atoms with Crippen LogP contribution in [0.3, 0.4) is 0 Å². The van der Waals surface area contributed by atoms with Crippen LogP contribution in [0.2, 0.25) is 0 Å². The van der Waals surface area contributed by atoms with E-state index in [0.29, 0.717) is 0 Å². The van der Waals surface area contributed by atoms with Crippen LogP contribution in [0.5, 0.6) is 0 Å². The zero-order valence-electron chi connectivity index (χ0n) is 9.91. The van der Waals surface area contributed by atoms with E-state index >= 15 is 0 Å². The molecule has 0 saturated heterocycles. The normalized spacial score (nSPS) is 11.7. The van der Waals surface area contributed by atoms with E-state index in [9.17, 15) is 0 Å². The van der Waals surface area contributed by atoms with E-state index in [1.807, 2.05) is 0 Å². The Morgan fingerprint density at radius 3 is 1.86 bits per heavy atom. The Hall–Kier alpha value is -0.350. The largest absolute Gasteiger partial charge is 0.0698 e. The first kappa shape index (κ1) is 11.7. The van der Waals surface area contributed by atoms with Crippen molar-refractivity contribution in [1.29, 1.82) is 0 Å². The summed E-state index contributed by atoms with van der Waals surface area (Å²) in [6.45, 7) is 11.6. The van der Waals surface area contributed by atoms with Gasteiger partial charge in [-0.25, -0.2) is 0 Å². The highest BCUT2D eigenvalue weighted by Crippen LogP contribution is 2.45. The van der Waals surface area contributed by atoms with Crippen molar-refractivity contribution in [2.45, 2.75) is 45.9 Å². The molecular formula is C13H21P. The molecule has 78 valence electrons. The van der Waals surface area contributed by atoms with Crippen molar-refractivity contribution >= 4 is 13.2 Å². The van der Waals surface area contributed by atoms with Crippen LogP contribution in [-0.2, 0) is 0 Å². The van der Waals surface area contributed by atoms with E-state index in [1.54, 1.807) is 5.30 Å². The number of hydrogen-bond acceptors (Lipinski definition) is 0. The molecule has 0 unspecified atom stereocenters. The lowest BCUT2D eigenvalue weighted by molar-refractivity contribution is 1.02. The smallest absolute Gasteiger partial charge is 0.0206 e. The topological polar surface area (TPSA) is 0 Å². The van der Waals surface area contributed by atoms with Crippen LogP contribution in [-0.4, -0.2) is 11.3 Å². The molecular weight excluding hydrogens is 187 g/mol. The Morgan fingerprint density at radius 2 is 1.43 bits per heavy atom. The predicted octanol–water partition coefficient (Wildman–Crippen LogP) is 3.92. The second-order valence-corrected chi connectivity index (χ2v) is 7.74. The third-order valence-electron chi connectivity index (χ3n) is 2.51. The Bertz CT molecular complexity index is 281. The molecule has 0 nitrogen and oxygen atoms in total. The van der Waals surface area contributed by atoms with E-state index in [0.717, 1.165) is 11.3 Å². The number of rotatable bonds is 3. The summed E-state index contributed by atoms with van der Waals surface area (Å²) in [7, 11) is 0.00540. The van der Waals surface area contributed by atoms with Gasteiger partial charge in [-0.1, -0.05) is 59.9 Å². The molecule has 0 aliphatic heterocycles. The van der Waals surface area contributed by atoms with Crippen molar-refractivity contribution in [2.75, 3.05) is 0 Å². The molecule has 0 aliphatic carbocycles. The maximum absolute atomic E-state index is 2.35. The van der Waals surface area contributed by atoms with Gasteiger partial charge in [0.25, 0.3) is 0 Å². The van der Waals surface area contributed by atoms with Gasteiger partial charge in [0, 0.05) is 0 Å². The molecule has 0 heterocycles. The Kier molecular flexibility index (Phi) is 4.13. The summed E-state index contributed by atoms with van der Waals surface area (Å²) in [4.78, 5) is 0. The molecule has 0 aliphatic rings. The molecule has 0 saturated carbocycles. The van der Waals surface area contributed by atoms with E-state index in [2.05, 4.69) is 58.9 Å². The van der Waals surface area contributed by atoms with Crippen LogP contribution >= 0.6 is 7.92 Å². The molecule has 14 heavy (non-hydrogen) atoms. The van der Waals surface area contributed by atoms with Gasteiger partial charge in [0.05, 0.1) is 0 Å². The van der Waals surface area contributed by atoms with Crippen molar-refractivity contribution in [1.82, 2.24) is 0 Å². The molecule has 0 amide bonds. The highest BCUT2D eigenvalue weighted by Gasteiger charge is 2.19. The maximum atomic E-state index is 2.35. The van der Waals surface area contributed by atoms with Crippen LogP contribution in [0.1, 0.15) is 33.3 Å². The van der Waals surface area contributed by atoms with E-state index in [4.69, 9.17) is 0 Å². The quantitative estimate of drug-likeness (QED) is 0.660. The summed E-state index contributed by atoms with van der Waals surface area (Å²) in [5.41, 5.74) is 3.03. The molecule has 1 aromatic carbocycles. The van der Waals surface area contributed by atoms with Gasteiger partial charge in [0.15, 0.2) is 0 Å². The van der Waals surface area contributed by atoms with Crippen molar-refractivity contribution < 1.29 is 0 Å². The molecule has 1 aromatic rings. The van der Waals surface area contributed by atoms with Gasteiger partial charge in [0.2, 0.25) is 0 Å². The summed E-state index contributed by atoms with van der Waals surface area (Å²) < 4.78 is 0. The Balaban J connectivity index is 3.05. The molecule has 1 rings (SSSR count). The summed E-state index contributed by atoms with van der Waals surface area (Å²) in [5, 5.41) is 1.59. The summed E-state index contributed by atoms with van der Waals surface area (Å²) in [6, 6.07) is 8.84. The second-order valence-electron chi connectivity index (χ2n) is 4.38. The first-order valence-corrected chi connectivity index (χ1v) is 6.86. The Labute approximate surface area is 89.5 Å². The molecule has 0 spiro atoms. The van der Waals surface area contributed by atoms with Crippen LogP contribution in [0.25, 0.3) is 0 Å². The minimum absolute atomic E-state index is 0.00540. The standard InChI is InChI=1S/C13H21P/c1-10(2)14(11(3)4)13-9-7-6-8-12(13)5/h6-11H,1-5H3. The zero-order chi connectivity index (χ0) is 10.7. The zero-order valence-corrected chi connectivity index (χ0v) is 10.8. The third kappa shape index (κ3) is 2.58. The van der Waals surface area contributed by atoms with Gasteiger partial charge in [-0.3, -0.25) is 0 Å². The molecule has 0 aromatic heterocycles. The summed E-state index contributed by atoms with van der Waals surface area (Å²) >= 11 is 0. The average molecular weight is 208 g/mol. The van der Waals surface area contributed by atoms with Crippen LogP contribution in [0, 0.1) is 6.92 Å². The SMILES string of the molecule is Cc1ccccc1P(C(C)C)C(C)C. The van der Waals surface area contributed by atoms with E-state index < -0.39 is 0 Å². The molecule has 0 atom stereocenters. The predicted molar refractivity (Wildman–Crippen MR) is 68.0 cm³/mol. The van der Waals surface area contributed by atoms with Crippen LogP contribution < -0.4 is 5.30 Å². The third-order valence-corrected chi connectivity index (χ3v) is 5.79. The lowest BCUT2D eigenvalue weighted by Gasteiger charge is -2.27. The van der Waals surface area contributed by atoms with E-state index in [-0.39, 0.29) is 7.92 Å². The van der Waals surface area contributed by atoms with Crippen LogP contribution in [0.15, 0.2) is 24.3 Å². The van der Waals surface area contributed by atoms with Crippen molar-refractivity contribution in [3.05, 3.63) is 29.8 Å². The summed E-state index contributed by atoms with van der Waals surface area (Å²) in [5.74, 6) is 0. The minimum atomic E-state index is 0.00540.